The van der Waals surface area contributed by atoms with Crippen LogP contribution < -0.4 is 5.14 Å². The maximum absolute atomic E-state index is 12.7. The van der Waals surface area contributed by atoms with E-state index in [9.17, 15) is 13.2 Å². The summed E-state index contributed by atoms with van der Waals surface area (Å²) < 4.78 is 42.7. The predicted molar refractivity (Wildman–Crippen MR) is 107 cm³/mol. The number of fused-ring (bicyclic) bond motifs is 1. The zero-order chi connectivity index (χ0) is 19.7. The molecule has 0 aliphatic rings. The van der Waals surface area contributed by atoms with Crippen LogP contribution in [0.1, 0.15) is 5.56 Å². The quantitative estimate of drug-likeness (QED) is 0.422. The van der Waals surface area contributed by atoms with Crippen LogP contribution in [-0.4, -0.2) is 4.98 Å². The van der Waals surface area contributed by atoms with Crippen LogP contribution in [0.2, 0.25) is 0 Å². The molecule has 3 nitrogen and oxygen atoms in total. The topological polar surface area (TPSA) is 54.2 Å². The Bertz CT molecular complexity index is 1150. The zero-order valence-electron chi connectivity index (χ0n) is 14.6. The molecule has 1 aromatic heterocycles. The number of hydrogen-bond donors (Lipinski definition) is 2. The first-order chi connectivity index (χ1) is 13.4. The van der Waals surface area contributed by atoms with Gasteiger partial charge in [-0.3, -0.25) is 5.14 Å². The van der Waals surface area contributed by atoms with Gasteiger partial charge in [0.05, 0.1) is 11.3 Å². The Morgan fingerprint density at radius 3 is 2.25 bits per heavy atom. The highest BCUT2D eigenvalue weighted by atomic mass is 32.2. The van der Waals surface area contributed by atoms with E-state index in [1.54, 1.807) is 6.20 Å². The fraction of sp³-hybridized carbons (Fsp3) is 0.0476. The van der Waals surface area contributed by atoms with Crippen LogP contribution in [0.25, 0.3) is 22.0 Å². The van der Waals surface area contributed by atoms with Gasteiger partial charge in [-0.2, -0.15) is 13.2 Å². The second-order valence-electron chi connectivity index (χ2n) is 6.23. The molecule has 142 valence electrons. The van der Waals surface area contributed by atoms with Crippen LogP contribution in [0.4, 0.5) is 18.9 Å². The summed E-state index contributed by atoms with van der Waals surface area (Å²) in [5.41, 5.74) is 3.04. The molecule has 0 aliphatic carbocycles. The minimum absolute atomic E-state index is 0.543. The Balaban J connectivity index is 1.70. The van der Waals surface area contributed by atoms with Crippen molar-refractivity contribution in [3.8, 4) is 11.1 Å². The van der Waals surface area contributed by atoms with E-state index in [2.05, 4.69) is 9.35 Å². The molecule has 3 N–H and O–H groups in total. The number of aromatic nitrogens is 1. The molecule has 1 atom stereocenters. The van der Waals surface area contributed by atoms with Gasteiger partial charge >= 0.3 is 6.18 Å². The Kier molecular flexibility index (Phi) is 4.78. The lowest BCUT2D eigenvalue weighted by Crippen LogP contribution is -2.06. The molecule has 0 aliphatic heterocycles. The van der Waals surface area contributed by atoms with Crippen LogP contribution in [-0.2, 0) is 17.1 Å². The molecule has 3 aromatic carbocycles. The molecular weight excluding hydrogens is 383 g/mol. The minimum Gasteiger partial charge on any atom is -0.359 e. The molecule has 28 heavy (non-hydrogen) atoms. The van der Waals surface area contributed by atoms with Crippen molar-refractivity contribution in [3.63, 3.8) is 0 Å². The smallest absolute Gasteiger partial charge is 0.359 e. The second kappa shape index (κ2) is 7.26. The molecule has 0 bridgehead atoms. The van der Waals surface area contributed by atoms with E-state index in [1.165, 1.54) is 12.1 Å². The summed E-state index contributed by atoms with van der Waals surface area (Å²) in [4.78, 5) is 3.70. The van der Waals surface area contributed by atoms with Crippen molar-refractivity contribution >= 4 is 27.5 Å². The minimum atomic E-state index is -4.37. The summed E-state index contributed by atoms with van der Waals surface area (Å²) in [6.45, 7) is 0. The molecule has 0 amide bonds. The van der Waals surface area contributed by atoms with Crippen molar-refractivity contribution in [1.82, 2.24) is 4.98 Å². The Morgan fingerprint density at radius 1 is 0.857 bits per heavy atom. The number of nitrogens with two attached hydrogens (primary N) is 1. The fourth-order valence-electron chi connectivity index (χ4n) is 2.93. The van der Waals surface area contributed by atoms with E-state index < -0.39 is 22.6 Å². The third kappa shape index (κ3) is 3.72. The van der Waals surface area contributed by atoms with Gasteiger partial charge in [-0.05, 0) is 47.5 Å². The molecule has 0 fully saturated rings. The normalized spacial score (nSPS) is 13.1. The number of halogens is 3. The van der Waals surface area contributed by atoms with Gasteiger partial charge < -0.3 is 4.98 Å². The summed E-state index contributed by atoms with van der Waals surface area (Å²) in [7, 11) is -1.07. The Hall–Kier alpha value is -2.90. The third-order valence-corrected chi connectivity index (χ3v) is 5.54. The average Bonchev–Trinajstić information content (AvgIpc) is 3.10. The number of benzene rings is 3. The molecule has 7 heteroatoms. The first-order valence-electron chi connectivity index (χ1n) is 8.46. The van der Waals surface area contributed by atoms with Crippen molar-refractivity contribution in [1.29, 1.82) is 0 Å². The van der Waals surface area contributed by atoms with Gasteiger partial charge in [0.1, 0.15) is 0 Å². The number of nitrogens with one attached hydrogen (secondary N) is 1. The average molecular weight is 399 g/mol. The molecule has 1 heterocycles. The van der Waals surface area contributed by atoms with Gasteiger partial charge in [0, 0.05) is 32.9 Å². The molecule has 1 unspecified atom stereocenters. The van der Waals surface area contributed by atoms with Crippen molar-refractivity contribution in [3.05, 3.63) is 84.6 Å². The summed E-state index contributed by atoms with van der Waals surface area (Å²) in [6.07, 6.45) is -2.61. The summed E-state index contributed by atoms with van der Waals surface area (Å²) in [6, 6.07) is 20.8. The van der Waals surface area contributed by atoms with Gasteiger partial charge in [-0.15, -0.1) is 0 Å². The summed E-state index contributed by atoms with van der Waals surface area (Å²) >= 11 is 0. The maximum atomic E-state index is 12.7. The van der Waals surface area contributed by atoms with Crippen molar-refractivity contribution in [2.75, 3.05) is 0 Å². The van der Waals surface area contributed by atoms with Crippen LogP contribution in [0.5, 0.6) is 0 Å². The number of nitrogens with zero attached hydrogens (tertiary/aromatic N) is 1. The monoisotopic (exact) mass is 399 g/mol. The lowest BCUT2D eigenvalue weighted by Gasteiger charge is -2.08. The van der Waals surface area contributed by atoms with E-state index in [-0.39, 0.29) is 0 Å². The number of hydrogen-bond acceptors (Lipinski definition) is 1. The lowest BCUT2D eigenvalue weighted by atomic mass is 10.0. The van der Waals surface area contributed by atoms with Crippen LogP contribution in [0.3, 0.4) is 0 Å². The van der Waals surface area contributed by atoms with Gasteiger partial charge in [0.2, 0.25) is 0 Å². The molecule has 0 radical (unpaired) electrons. The number of aromatic amines is 1. The Morgan fingerprint density at radius 2 is 1.57 bits per heavy atom. The first-order valence-corrected chi connectivity index (χ1v) is 9.71. The largest absolute Gasteiger partial charge is 0.416 e. The lowest BCUT2D eigenvalue weighted by molar-refractivity contribution is -0.137. The highest BCUT2D eigenvalue weighted by Gasteiger charge is 2.30. The van der Waals surface area contributed by atoms with E-state index in [1.807, 2.05) is 48.5 Å². The first kappa shape index (κ1) is 18.5. The van der Waals surface area contributed by atoms with E-state index in [0.717, 1.165) is 34.2 Å². The zero-order valence-corrected chi connectivity index (χ0v) is 15.4. The SMILES string of the molecule is NS(=Nc1c[nH]c2ccc(-c3ccccc3)cc12)c1ccc(C(F)(F)F)cc1. The van der Waals surface area contributed by atoms with Crippen molar-refractivity contribution in [2.24, 2.45) is 9.50 Å². The number of alkyl halides is 3. The van der Waals surface area contributed by atoms with E-state index in [0.29, 0.717) is 10.6 Å². The van der Waals surface area contributed by atoms with Crippen LogP contribution in [0.15, 0.2) is 88.3 Å². The summed E-state index contributed by atoms with van der Waals surface area (Å²) in [5, 5.41) is 7.06. The van der Waals surface area contributed by atoms with Gasteiger partial charge in [0.15, 0.2) is 0 Å². The summed E-state index contributed by atoms with van der Waals surface area (Å²) in [5.74, 6) is 0. The molecule has 0 spiro atoms. The van der Waals surface area contributed by atoms with Crippen molar-refractivity contribution < 1.29 is 13.2 Å². The number of H-pyrrole nitrogens is 1. The van der Waals surface area contributed by atoms with Crippen LogP contribution in [0, 0.1) is 0 Å². The maximum Gasteiger partial charge on any atom is 0.416 e. The van der Waals surface area contributed by atoms with E-state index >= 15 is 0 Å². The van der Waals surface area contributed by atoms with Crippen LogP contribution >= 0.6 is 0 Å². The van der Waals surface area contributed by atoms with Gasteiger partial charge in [-0.25, -0.2) is 4.36 Å². The van der Waals surface area contributed by atoms with Crippen molar-refractivity contribution in [2.45, 2.75) is 11.1 Å². The molecule has 0 saturated carbocycles. The third-order valence-electron chi connectivity index (χ3n) is 4.39. The second-order valence-corrected chi connectivity index (χ2v) is 7.51. The molecule has 0 saturated heterocycles. The standard InChI is InChI=1S/C21H16F3N3S/c22-21(23,24)16-7-9-17(10-8-16)28(25)27-20-13-26-19-11-6-15(12-18(19)20)14-4-2-1-3-5-14/h1-13,26H,(H2,25,27). The van der Waals surface area contributed by atoms with Gasteiger partial charge in [-0.1, -0.05) is 36.4 Å². The molecular formula is C21H16F3N3S. The molecule has 4 rings (SSSR count). The molecule has 4 aromatic rings. The predicted octanol–water partition coefficient (Wildman–Crippen LogP) is 6.22. The number of rotatable bonds is 3. The Labute approximate surface area is 162 Å². The highest BCUT2D eigenvalue weighted by Crippen LogP contribution is 2.32. The highest BCUT2D eigenvalue weighted by molar-refractivity contribution is 7.85. The van der Waals surface area contributed by atoms with Gasteiger partial charge in [0.25, 0.3) is 0 Å². The fourth-order valence-corrected chi connectivity index (χ4v) is 3.82. The van der Waals surface area contributed by atoms with E-state index in [4.69, 9.17) is 5.14 Å².